The fourth-order valence-corrected chi connectivity index (χ4v) is 3.30. The van der Waals surface area contributed by atoms with Gasteiger partial charge in [-0.15, -0.1) is 0 Å². The molecule has 6 heteroatoms. The molecule has 30 heavy (non-hydrogen) atoms. The number of hydrogen-bond donors (Lipinski definition) is 4. The van der Waals surface area contributed by atoms with Crippen LogP contribution in [-0.4, -0.2) is 43.5 Å². The van der Waals surface area contributed by atoms with Crippen LogP contribution in [0.2, 0.25) is 0 Å². The molecule has 0 radical (unpaired) electrons. The molecule has 0 aromatic heterocycles. The van der Waals surface area contributed by atoms with Crippen molar-refractivity contribution in [2.45, 2.75) is 77.5 Å². The van der Waals surface area contributed by atoms with E-state index in [-0.39, 0.29) is 5.91 Å². The molecule has 2 atom stereocenters. The first kappa shape index (κ1) is 26.6. The Morgan fingerprint density at radius 3 is 2.53 bits per heavy atom. The highest BCUT2D eigenvalue weighted by Crippen LogP contribution is 2.15. The first-order valence-corrected chi connectivity index (χ1v) is 11.7. The number of aliphatic hydroxyl groups is 1. The summed E-state index contributed by atoms with van der Waals surface area (Å²) < 4.78 is 5.72. The predicted octanol–water partition coefficient (Wildman–Crippen LogP) is 3.33. The lowest BCUT2D eigenvalue weighted by Gasteiger charge is -2.23. The molecule has 5 N–H and O–H groups in total. The van der Waals surface area contributed by atoms with Crippen molar-refractivity contribution in [3.63, 3.8) is 0 Å². The molecule has 0 bridgehead atoms. The van der Waals surface area contributed by atoms with E-state index in [1.807, 2.05) is 18.2 Å². The van der Waals surface area contributed by atoms with Gasteiger partial charge in [0.25, 0.3) is 0 Å². The van der Waals surface area contributed by atoms with E-state index < -0.39 is 12.1 Å². The van der Waals surface area contributed by atoms with Gasteiger partial charge in [0.1, 0.15) is 6.23 Å². The molecule has 0 aliphatic heterocycles. The lowest BCUT2D eigenvalue weighted by molar-refractivity contribution is -0.129. The lowest BCUT2D eigenvalue weighted by Crippen LogP contribution is -2.45. The summed E-state index contributed by atoms with van der Waals surface area (Å²) in [5, 5.41) is 16.6. The van der Waals surface area contributed by atoms with E-state index in [9.17, 15) is 9.90 Å². The standard InChI is InChI=1S/C24H43N3O3/c1-2-3-17-26-23(28)22(24(29)27-18-11-10-16-25)15-9-4-5-12-19-30-20-21-13-7-6-8-14-21/h6-8,13-14,22,24,27,29H,2-5,9-12,15-20,25H2,1H3,(H,26,28). The predicted molar refractivity (Wildman–Crippen MR) is 123 cm³/mol. The summed E-state index contributed by atoms with van der Waals surface area (Å²) >= 11 is 0. The zero-order valence-electron chi connectivity index (χ0n) is 18.8. The highest BCUT2D eigenvalue weighted by Gasteiger charge is 2.25. The molecule has 1 aromatic carbocycles. The van der Waals surface area contributed by atoms with Crippen LogP contribution >= 0.6 is 0 Å². The van der Waals surface area contributed by atoms with E-state index in [1.165, 1.54) is 5.56 Å². The fourth-order valence-electron chi connectivity index (χ4n) is 3.30. The van der Waals surface area contributed by atoms with E-state index in [1.54, 1.807) is 0 Å². The number of amides is 1. The van der Waals surface area contributed by atoms with Crippen LogP contribution in [0.3, 0.4) is 0 Å². The minimum atomic E-state index is -0.807. The van der Waals surface area contributed by atoms with Gasteiger partial charge >= 0.3 is 0 Å². The van der Waals surface area contributed by atoms with E-state index in [0.29, 0.717) is 32.7 Å². The molecule has 0 saturated heterocycles. The first-order chi connectivity index (χ1) is 14.7. The SMILES string of the molecule is CCCCNC(=O)C(CCCCCCOCc1ccccc1)C(O)NCCCCN. The number of unbranched alkanes of at least 4 members (excludes halogenated alkanes) is 5. The molecular weight excluding hydrogens is 378 g/mol. The maximum Gasteiger partial charge on any atom is 0.227 e. The number of rotatable bonds is 19. The van der Waals surface area contributed by atoms with Gasteiger partial charge in [0.2, 0.25) is 5.91 Å². The number of benzene rings is 1. The summed E-state index contributed by atoms with van der Waals surface area (Å²) in [5.74, 6) is -0.456. The molecule has 0 aliphatic rings. The normalized spacial score (nSPS) is 13.2. The van der Waals surface area contributed by atoms with Crippen molar-refractivity contribution in [2.75, 3.05) is 26.2 Å². The van der Waals surface area contributed by atoms with Crippen molar-refractivity contribution in [1.29, 1.82) is 0 Å². The van der Waals surface area contributed by atoms with Gasteiger partial charge < -0.3 is 20.9 Å². The Hall–Kier alpha value is -1.47. The maximum atomic E-state index is 12.5. The summed E-state index contributed by atoms with van der Waals surface area (Å²) in [6.07, 6.45) is 7.74. The van der Waals surface area contributed by atoms with Crippen LogP contribution < -0.4 is 16.4 Å². The highest BCUT2D eigenvalue weighted by molar-refractivity contribution is 5.79. The molecule has 2 unspecified atom stereocenters. The third kappa shape index (κ3) is 13.0. The van der Waals surface area contributed by atoms with Crippen LogP contribution in [0, 0.1) is 5.92 Å². The van der Waals surface area contributed by atoms with Gasteiger partial charge in [0.15, 0.2) is 0 Å². The van der Waals surface area contributed by atoms with E-state index in [2.05, 4.69) is 29.7 Å². The topological polar surface area (TPSA) is 96.6 Å². The van der Waals surface area contributed by atoms with Crippen LogP contribution in [0.1, 0.15) is 70.3 Å². The third-order valence-corrected chi connectivity index (χ3v) is 5.20. The Labute approximate surface area is 183 Å². The summed E-state index contributed by atoms with van der Waals surface area (Å²) in [6, 6.07) is 10.2. The van der Waals surface area contributed by atoms with E-state index in [0.717, 1.165) is 58.0 Å². The monoisotopic (exact) mass is 421 g/mol. The maximum absolute atomic E-state index is 12.5. The molecule has 1 amide bonds. The van der Waals surface area contributed by atoms with Crippen molar-refractivity contribution in [3.05, 3.63) is 35.9 Å². The summed E-state index contributed by atoms with van der Waals surface area (Å²) in [5.41, 5.74) is 6.71. The van der Waals surface area contributed by atoms with Crippen molar-refractivity contribution in [1.82, 2.24) is 10.6 Å². The number of ether oxygens (including phenoxy) is 1. The molecule has 0 heterocycles. The molecule has 172 valence electrons. The van der Waals surface area contributed by atoms with Crippen LogP contribution in [0.5, 0.6) is 0 Å². The summed E-state index contributed by atoms with van der Waals surface area (Å²) in [4.78, 5) is 12.5. The molecule has 1 aromatic rings. The van der Waals surface area contributed by atoms with Crippen LogP contribution in [0.4, 0.5) is 0 Å². The molecule has 1 rings (SSSR count). The number of carbonyl (C=O) groups is 1. The van der Waals surface area contributed by atoms with Gasteiger partial charge in [-0.3, -0.25) is 10.1 Å². The number of nitrogens with one attached hydrogen (secondary N) is 2. The molecular formula is C24H43N3O3. The Bertz CT molecular complexity index is 528. The van der Waals surface area contributed by atoms with Crippen molar-refractivity contribution < 1.29 is 14.6 Å². The molecule has 0 fully saturated rings. The third-order valence-electron chi connectivity index (χ3n) is 5.20. The second-order valence-electron chi connectivity index (χ2n) is 7.89. The second kappa shape index (κ2) is 18.3. The Morgan fingerprint density at radius 1 is 1.03 bits per heavy atom. The van der Waals surface area contributed by atoms with Crippen molar-refractivity contribution >= 4 is 5.91 Å². The Kier molecular flexibility index (Phi) is 16.2. The number of carbonyl (C=O) groups excluding carboxylic acids is 1. The summed E-state index contributed by atoms with van der Waals surface area (Å²) in [7, 11) is 0. The number of nitrogens with two attached hydrogens (primary N) is 1. The van der Waals surface area contributed by atoms with Crippen LogP contribution in [0.15, 0.2) is 30.3 Å². The smallest absolute Gasteiger partial charge is 0.227 e. The van der Waals surface area contributed by atoms with E-state index >= 15 is 0 Å². The van der Waals surface area contributed by atoms with Crippen molar-refractivity contribution in [3.8, 4) is 0 Å². The second-order valence-corrected chi connectivity index (χ2v) is 7.89. The van der Waals surface area contributed by atoms with Crippen LogP contribution in [0.25, 0.3) is 0 Å². The number of hydrogen-bond acceptors (Lipinski definition) is 5. The molecule has 0 saturated carbocycles. The summed E-state index contributed by atoms with van der Waals surface area (Å²) in [6.45, 7) is 5.50. The first-order valence-electron chi connectivity index (χ1n) is 11.7. The Morgan fingerprint density at radius 2 is 1.80 bits per heavy atom. The van der Waals surface area contributed by atoms with E-state index in [4.69, 9.17) is 10.5 Å². The van der Waals surface area contributed by atoms with Gasteiger partial charge in [-0.1, -0.05) is 62.9 Å². The quantitative estimate of drug-likeness (QED) is 0.203. The van der Waals surface area contributed by atoms with Gasteiger partial charge in [0, 0.05) is 13.2 Å². The fraction of sp³-hybridized carbons (Fsp3) is 0.708. The minimum absolute atomic E-state index is 0.0477. The number of aliphatic hydroxyl groups excluding tert-OH is 1. The highest BCUT2D eigenvalue weighted by atomic mass is 16.5. The van der Waals surface area contributed by atoms with Gasteiger partial charge in [0.05, 0.1) is 12.5 Å². The zero-order valence-corrected chi connectivity index (χ0v) is 18.8. The molecule has 6 nitrogen and oxygen atoms in total. The van der Waals surface area contributed by atoms with Crippen LogP contribution in [-0.2, 0) is 16.1 Å². The van der Waals surface area contributed by atoms with Crippen molar-refractivity contribution in [2.24, 2.45) is 11.7 Å². The van der Waals surface area contributed by atoms with Gasteiger partial charge in [-0.05, 0) is 50.8 Å². The molecule has 0 spiro atoms. The van der Waals surface area contributed by atoms with Gasteiger partial charge in [-0.2, -0.15) is 0 Å². The minimum Gasteiger partial charge on any atom is -0.378 e. The molecule has 0 aliphatic carbocycles. The lowest BCUT2D eigenvalue weighted by atomic mass is 9.97. The average molecular weight is 422 g/mol. The average Bonchev–Trinajstić information content (AvgIpc) is 2.76. The van der Waals surface area contributed by atoms with Gasteiger partial charge in [-0.25, -0.2) is 0 Å². The largest absolute Gasteiger partial charge is 0.378 e. The Balaban J connectivity index is 2.23. The zero-order chi connectivity index (χ0) is 21.9.